The van der Waals surface area contributed by atoms with Crippen LogP contribution < -0.4 is 0 Å². The number of carbonyl (C=O) groups is 1. The summed E-state index contributed by atoms with van der Waals surface area (Å²) < 4.78 is 0. The maximum absolute atomic E-state index is 11.3. The summed E-state index contributed by atoms with van der Waals surface area (Å²) in [6.07, 6.45) is 2.50. The van der Waals surface area contributed by atoms with Crippen LogP contribution in [0.15, 0.2) is 12.1 Å². The Morgan fingerprint density at radius 2 is 2.17 bits per heavy atom. The molecule has 0 amide bonds. The third kappa shape index (κ3) is 1.23. The molecule has 3 heteroatoms. The number of hydrogen-bond donors (Lipinski definition) is 0. The van der Waals surface area contributed by atoms with E-state index >= 15 is 0 Å². The monoisotopic (exact) mass is 181 g/mol. The van der Waals surface area contributed by atoms with E-state index < -0.39 is 0 Å². The summed E-state index contributed by atoms with van der Waals surface area (Å²) in [4.78, 5) is 15.3. The highest BCUT2D eigenvalue weighted by atomic mass is 35.5. The average Bonchev–Trinajstić information content (AvgIpc) is 2.07. The zero-order valence-corrected chi connectivity index (χ0v) is 7.27. The summed E-state index contributed by atoms with van der Waals surface area (Å²) in [5.74, 6) is 0.124. The Hall–Kier alpha value is -0.890. The summed E-state index contributed by atoms with van der Waals surface area (Å²) in [6.45, 7) is 0. The normalized spacial score (nSPS) is 15.9. The molecule has 62 valence electrons. The molecule has 0 spiro atoms. The molecule has 1 aromatic rings. The van der Waals surface area contributed by atoms with Gasteiger partial charge >= 0.3 is 0 Å². The topological polar surface area (TPSA) is 30.0 Å². The van der Waals surface area contributed by atoms with Gasteiger partial charge < -0.3 is 0 Å². The molecule has 0 atom stereocenters. The van der Waals surface area contributed by atoms with Crippen LogP contribution in [-0.2, 0) is 6.42 Å². The van der Waals surface area contributed by atoms with E-state index in [9.17, 15) is 4.79 Å². The predicted octanol–water partition coefficient (Wildman–Crippen LogP) is 2.25. The first-order valence-electron chi connectivity index (χ1n) is 3.96. The molecule has 0 radical (unpaired) electrons. The number of pyridine rings is 1. The van der Waals surface area contributed by atoms with Crippen molar-refractivity contribution in [2.75, 3.05) is 0 Å². The van der Waals surface area contributed by atoms with Crippen LogP contribution >= 0.6 is 11.6 Å². The highest BCUT2D eigenvalue weighted by molar-refractivity contribution is 6.29. The summed E-state index contributed by atoms with van der Waals surface area (Å²) in [6, 6.07) is 3.63. The van der Waals surface area contributed by atoms with E-state index in [1.54, 1.807) is 6.07 Å². The van der Waals surface area contributed by atoms with Crippen molar-refractivity contribution >= 4 is 17.4 Å². The molecular formula is C9H8ClNO. The first-order chi connectivity index (χ1) is 5.77. The fourth-order valence-corrected chi connectivity index (χ4v) is 1.61. The molecule has 0 aromatic carbocycles. The van der Waals surface area contributed by atoms with Gasteiger partial charge in [0.2, 0.25) is 0 Å². The van der Waals surface area contributed by atoms with Gasteiger partial charge in [-0.25, -0.2) is 4.98 Å². The molecule has 0 N–H and O–H groups in total. The van der Waals surface area contributed by atoms with Crippen LogP contribution in [0.3, 0.4) is 0 Å². The molecule has 0 saturated heterocycles. The van der Waals surface area contributed by atoms with Crippen molar-refractivity contribution in [2.24, 2.45) is 0 Å². The van der Waals surface area contributed by atoms with Gasteiger partial charge in [0, 0.05) is 6.42 Å². The second-order valence-corrected chi connectivity index (χ2v) is 3.31. The summed E-state index contributed by atoms with van der Waals surface area (Å²) >= 11 is 5.68. The largest absolute Gasteiger partial charge is 0.292 e. The summed E-state index contributed by atoms with van der Waals surface area (Å²) in [7, 11) is 0. The highest BCUT2D eigenvalue weighted by Gasteiger charge is 2.18. The summed E-state index contributed by atoms with van der Waals surface area (Å²) in [5.41, 5.74) is 1.62. The number of Topliss-reactive ketones (excluding diaryl/α,β-unsaturated/α-hetero) is 1. The number of rotatable bonds is 0. The molecule has 0 bridgehead atoms. The van der Waals surface area contributed by atoms with Gasteiger partial charge in [-0.3, -0.25) is 4.79 Å². The molecule has 0 unspecified atom stereocenters. The van der Waals surface area contributed by atoms with Gasteiger partial charge in [-0.1, -0.05) is 17.7 Å². The van der Waals surface area contributed by atoms with Gasteiger partial charge in [0.05, 0.1) is 0 Å². The van der Waals surface area contributed by atoms with Gasteiger partial charge in [0.1, 0.15) is 10.8 Å². The standard InChI is InChI=1S/C9H8ClNO/c10-8-5-4-6-2-1-3-7(12)9(6)11-8/h4-5H,1-3H2. The van der Waals surface area contributed by atoms with Crippen LogP contribution in [0.25, 0.3) is 0 Å². The smallest absolute Gasteiger partial charge is 0.181 e. The van der Waals surface area contributed by atoms with Crippen molar-refractivity contribution in [1.82, 2.24) is 4.98 Å². The highest BCUT2D eigenvalue weighted by Crippen LogP contribution is 2.20. The number of nitrogens with zero attached hydrogens (tertiary/aromatic N) is 1. The van der Waals surface area contributed by atoms with Gasteiger partial charge in [-0.15, -0.1) is 0 Å². The fraction of sp³-hybridized carbons (Fsp3) is 0.333. The Morgan fingerprint density at radius 3 is 3.00 bits per heavy atom. The van der Waals surface area contributed by atoms with Crippen molar-refractivity contribution in [1.29, 1.82) is 0 Å². The lowest BCUT2D eigenvalue weighted by atomic mass is 9.95. The van der Waals surface area contributed by atoms with E-state index in [2.05, 4.69) is 4.98 Å². The third-order valence-corrected chi connectivity index (χ3v) is 2.27. The van der Waals surface area contributed by atoms with Crippen LogP contribution in [0.5, 0.6) is 0 Å². The molecule has 2 nitrogen and oxygen atoms in total. The predicted molar refractivity (Wildman–Crippen MR) is 46.5 cm³/mol. The van der Waals surface area contributed by atoms with Crippen LogP contribution in [0.1, 0.15) is 28.9 Å². The lowest BCUT2D eigenvalue weighted by molar-refractivity contribution is 0.0967. The minimum Gasteiger partial charge on any atom is -0.292 e. The molecule has 1 aliphatic rings. The average molecular weight is 182 g/mol. The number of halogens is 1. The van der Waals surface area contributed by atoms with Crippen molar-refractivity contribution < 1.29 is 4.79 Å². The molecule has 1 heterocycles. The van der Waals surface area contributed by atoms with E-state index in [-0.39, 0.29) is 5.78 Å². The van der Waals surface area contributed by atoms with E-state index in [1.807, 2.05) is 6.07 Å². The SMILES string of the molecule is O=C1CCCc2ccc(Cl)nc21. The lowest BCUT2D eigenvalue weighted by Gasteiger charge is -2.12. The number of aryl methyl sites for hydroxylation is 1. The van der Waals surface area contributed by atoms with Gasteiger partial charge in [0.15, 0.2) is 5.78 Å². The molecule has 0 aliphatic heterocycles. The number of ketones is 1. The minimum absolute atomic E-state index is 0.124. The Morgan fingerprint density at radius 1 is 1.33 bits per heavy atom. The van der Waals surface area contributed by atoms with Crippen molar-refractivity contribution in [3.05, 3.63) is 28.5 Å². The zero-order valence-electron chi connectivity index (χ0n) is 6.51. The van der Waals surface area contributed by atoms with Crippen molar-refractivity contribution in [3.8, 4) is 0 Å². The van der Waals surface area contributed by atoms with Crippen LogP contribution in [0.2, 0.25) is 5.15 Å². The fourth-order valence-electron chi connectivity index (χ4n) is 1.47. The van der Waals surface area contributed by atoms with Crippen LogP contribution in [0, 0.1) is 0 Å². The molecule has 1 aliphatic carbocycles. The Kier molecular flexibility index (Phi) is 1.85. The number of hydrogen-bond acceptors (Lipinski definition) is 2. The number of fused-ring (bicyclic) bond motifs is 1. The Labute approximate surface area is 75.6 Å². The maximum atomic E-state index is 11.3. The van der Waals surface area contributed by atoms with Crippen LogP contribution in [-0.4, -0.2) is 10.8 Å². The van der Waals surface area contributed by atoms with Crippen molar-refractivity contribution in [3.63, 3.8) is 0 Å². The van der Waals surface area contributed by atoms with E-state index in [0.717, 1.165) is 18.4 Å². The van der Waals surface area contributed by atoms with Gasteiger partial charge in [-0.2, -0.15) is 0 Å². The van der Waals surface area contributed by atoms with Gasteiger partial charge in [-0.05, 0) is 24.5 Å². The van der Waals surface area contributed by atoms with Gasteiger partial charge in [0.25, 0.3) is 0 Å². The number of aromatic nitrogens is 1. The molecule has 1 aromatic heterocycles. The first kappa shape index (κ1) is 7.74. The Bertz CT molecular complexity index is 335. The van der Waals surface area contributed by atoms with Crippen LogP contribution in [0.4, 0.5) is 0 Å². The van der Waals surface area contributed by atoms with Crippen molar-refractivity contribution in [2.45, 2.75) is 19.3 Å². The minimum atomic E-state index is 0.124. The maximum Gasteiger partial charge on any atom is 0.181 e. The first-order valence-corrected chi connectivity index (χ1v) is 4.34. The van der Waals surface area contributed by atoms with E-state index in [0.29, 0.717) is 17.3 Å². The molecule has 0 fully saturated rings. The third-order valence-electron chi connectivity index (χ3n) is 2.06. The molecule has 0 saturated carbocycles. The quantitative estimate of drug-likeness (QED) is 0.575. The molecule has 2 rings (SSSR count). The van der Waals surface area contributed by atoms with E-state index in [1.165, 1.54) is 0 Å². The summed E-state index contributed by atoms with van der Waals surface area (Å²) in [5, 5.41) is 0.406. The number of carbonyl (C=O) groups excluding carboxylic acids is 1. The zero-order chi connectivity index (χ0) is 8.55. The second kappa shape index (κ2) is 2.87. The lowest BCUT2D eigenvalue weighted by Crippen LogP contribution is -2.12. The molecular weight excluding hydrogens is 174 g/mol. The molecule has 12 heavy (non-hydrogen) atoms. The Balaban J connectivity index is 2.54. The second-order valence-electron chi connectivity index (χ2n) is 2.92. The van der Waals surface area contributed by atoms with E-state index in [4.69, 9.17) is 11.6 Å².